The minimum Gasteiger partial charge on any atom is -0.349 e. The molecule has 0 aliphatic rings. The predicted molar refractivity (Wildman–Crippen MR) is 54.5 cm³/mol. The molecule has 0 saturated heterocycles. The predicted octanol–water partition coefficient (Wildman–Crippen LogP) is 0.165. The molecule has 0 fully saturated rings. The number of aromatic nitrogens is 4. The van der Waals surface area contributed by atoms with Gasteiger partial charge in [-0.2, -0.15) is 0 Å². The van der Waals surface area contributed by atoms with Crippen LogP contribution in [0.3, 0.4) is 0 Å². The molecule has 78 valence electrons. The highest BCUT2D eigenvalue weighted by molar-refractivity contribution is 7.07. The first-order chi connectivity index (χ1) is 7.36. The van der Waals surface area contributed by atoms with Crippen LogP contribution in [0.4, 0.5) is 0 Å². The molecule has 0 saturated carbocycles. The van der Waals surface area contributed by atoms with Crippen molar-refractivity contribution < 1.29 is 4.79 Å². The number of carbonyl (C=O) groups excluding carboxylic acids is 1. The van der Waals surface area contributed by atoms with E-state index in [1.165, 1.54) is 11.3 Å². The molecule has 2 aromatic heterocycles. The van der Waals surface area contributed by atoms with Gasteiger partial charge in [0.15, 0.2) is 0 Å². The van der Waals surface area contributed by atoms with Crippen molar-refractivity contribution in [2.45, 2.75) is 6.54 Å². The third-order valence-electron chi connectivity index (χ3n) is 1.76. The normalized spacial score (nSPS) is 10.1. The fourth-order valence-electron chi connectivity index (χ4n) is 1.05. The molecule has 2 rings (SSSR count). The maximum Gasteiger partial charge on any atom is 0.270 e. The van der Waals surface area contributed by atoms with Gasteiger partial charge >= 0.3 is 0 Å². The first-order valence-corrected chi connectivity index (χ1v) is 5.31. The maximum absolute atomic E-state index is 11.4. The lowest BCUT2D eigenvalue weighted by molar-refractivity contribution is 0.0947. The van der Waals surface area contributed by atoms with Crippen molar-refractivity contribution in [3.63, 3.8) is 0 Å². The van der Waals surface area contributed by atoms with Crippen LogP contribution in [0.1, 0.15) is 10.5 Å². The number of amides is 1. The van der Waals surface area contributed by atoms with Crippen LogP contribution < -0.4 is 5.32 Å². The van der Waals surface area contributed by atoms with Gasteiger partial charge in [-0.15, -0.1) is 16.4 Å². The highest BCUT2D eigenvalue weighted by atomic mass is 32.1. The zero-order valence-electron chi connectivity index (χ0n) is 7.83. The lowest BCUT2D eigenvalue weighted by Crippen LogP contribution is -2.27. The molecular weight excluding hydrogens is 214 g/mol. The molecular formula is C8H9N5OS. The monoisotopic (exact) mass is 223 g/mol. The van der Waals surface area contributed by atoms with Crippen molar-refractivity contribution >= 4 is 17.2 Å². The Bertz CT molecular complexity index is 410. The van der Waals surface area contributed by atoms with E-state index in [4.69, 9.17) is 0 Å². The number of carbonyl (C=O) groups is 1. The average Bonchev–Trinajstić information content (AvgIpc) is 2.90. The molecule has 7 heteroatoms. The second kappa shape index (κ2) is 4.65. The minimum atomic E-state index is -0.156. The van der Waals surface area contributed by atoms with Gasteiger partial charge in [-0.3, -0.25) is 9.48 Å². The number of thiazole rings is 1. The number of rotatable bonds is 4. The molecule has 0 atom stereocenters. The van der Waals surface area contributed by atoms with Gasteiger partial charge in [0, 0.05) is 18.1 Å². The summed E-state index contributed by atoms with van der Waals surface area (Å²) in [7, 11) is 0. The molecule has 0 radical (unpaired) electrons. The van der Waals surface area contributed by atoms with E-state index < -0.39 is 0 Å². The molecule has 0 aliphatic carbocycles. The van der Waals surface area contributed by atoms with Crippen LogP contribution in [0, 0.1) is 0 Å². The smallest absolute Gasteiger partial charge is 0.270 e. The second-order valence-electron chi connectivity index (χ2n) is 2.80. The molecule has 0 aliphatic heterocycles. The summed E-state index contributed by atoms with van der Waals surface area (Å²) >= 11 is 1.40. The van der Waals surface area contributed by atoms with Crippen LogP contribution in [0.25, 0.3) is 0 Å². The summed E-state index contributed by atoms with van der Waals surface area (Å²) in [6.07, 6.45) is 3.34. The van der Waals surface area contributed by atoms with E-state index in [-0.39, 0.29) is 5.91 Å². The SMILES string of the molecule is O=C(NCCn1ccnn1)c1cscn1. The van der Waals surface area contributed by atoms with E-state index in [0.717, 1.165) is 0 Å². The molecule has 6 nitrogen and oxygen atoms in total. The van der Waals surface area contributed by atoms with Crippen molar-refractivity contribution in [1.82, 2.24) is 25.3 Å². The zero-order valence-corrected chi connectivity index (χ0v) is 8.65. The summed E-state index contributed by atoms with van der Waals surface area (Å²) in [6, 6.07) is 0. The molecule has 2 heterocycles. The zero-order chi connectivity index (χ0) is 10.5. The van der Waals surface area contributed by atoms with Crippen molar-refractivity contribution in [2.24, 2.45) is 0 Å². The molecule has 2 aromatic rings. The van der Waals surface area contributed by atoms with Crippen LogP contribution in [0.2, 0.25) is 0 Å². The van der Waals surface area contributed by atoms with Crippen LogP contribution >= 0.6 is 11.3 Å². The standard InChI is InChI=1S/C8H9N5OS/c14-8(7-5-15-6-10-7)9-1-3-13-4-2-11-12-13/h2,4-6H,1,3H2,(H,9,14). The van der Waals surface area contributed by atoms with Gasteiger partial charge in [0.1, 0.15) is 5.69 Å². The van der Waals surface area contributed by atoms with Gasteiger partial charge in [0.05, 0.1) is 18.3 Å². The molecule has 0 unspecified atom stereocenters. The average molecular weight is 223 g/mol. The molecule has 1 N–H and O–H groups in total. The second-order valence-corrected chi connectivity index (χ2v) is 3.51. The molecule has 0 bridgehead atoms. The van der Waals surface area contributed by atoms with Gasteiger partial charge < -0.3 is 5.32 Å². The van der Waals surface area contributed by atoms with Crippen molar-refractivity contribution in [1.29, 1.82) is 0 Å². The highest BCUT2D eigenvalue weighted by Gasteiger charge is 2.05. The Balaban J connectivity index is 1.77. The number of nitrogens with zero attached hydrogens (tertiary/aromatic N) is 4. The number of hydrogen-bond donors (Lipinski definition) is 1. The summed E-state index contributed by atoms with van der Waals surface area (Å²) in [6.45, 7) is 1.12. The highest BCUT2D eigenvalue weighted by Crippen LogP contribution is 1.99. The third kappa shape index (κ3) is 2.59. The first-order valence-electron chi connectivity index (χ1n) is 4.37. The van der Waals surface area contributed by atoms with Crippen LogP contribution in [-0.4, -0.2) is 32.4 Å². The van der Waals surface area contributed by atoms with Gasteiger partial charge in [-0.1, -0.05) is 5.21 Å². The van der Waals surface area contributed by atoms with E-state index in [1.54, 1.807) is 28.0 Å². The topological polar surface area (TPSA) is 72.7 Å². The van der Waals surface area contributed by atoms with Crippen molar-refractivity contribution in [3.05, 3.63) is 29.0 Å². The Morgan fingerprint density at radius 2 is 2.53 bits per heavy atom. The van der Waals surface area contributed by atoms with Crippen molar-refractivity contribution in [3.8, 4) is 0 Å². The Morgan fingerprint density at radius 1 is 1.60 bits per heavy atom. The summed E-state index contributed by atoms with van der Waals surface area (Å²) < 4.78 is 1.65. The Kier molecular flexibility index (Phi) is 3.03. The minimum absolute atomic E-state index is 0.156. The Hall–Kier alpha value is -1.76. The lowest BCUT2D eigenvalue weighted by atomic mass is 10.4. The fourth-order valence-corrected chi connectivity index (χ4v) is 1.58. The van der Waals surface area contributed by atoms with E-state index in [0.29, 0.717) is 18.8 Å². The van der Waals surface area contributed by atoms with E-state index >= 15 is 0 Å². The first kappa shape index (κ1) is 9.78. The maximum atomic E-state index is 11.4. The molecule has 0 spiro atoms. The summed E-state index contributed by atoms with van der Waals surface area (Å²) in [4.78, 5) is 15.3. The van der Waals surface area contributed by atoms with Gasteiger partial charge in [-0.25, -0.2) is 4.98 Å². The third-order valence-corrected chi connectivity index (χ3v) is 2.35. The Morgan fingerprint density at radius 3 is 3.20 bits per heavy atom. The van der Waals surface area contributed by atoms with E-state index in [1.807, 2.05) is 0 Å². The van der Waals surface area contributed by atoms with Crippen molar-refractivity contribution in [2.75, 3.05) is 6.54 Å². The largest absolute Gasteiger partial charge is 0.349 e. The molecule has 15 heavy (non-hydrogen) atoms. The van der Waals surface area contributed by atoms with Gasteiger partial charge in [0.2, 0.25) is 0 Å². The van der Waals surface area contributed by atoms with E-state index in [9.17, 15) is 4.79 Å². The molecule has 0 aromatic carbocycles. The summed E-state index contributed by atoms with van der Waals surface area (Å²) in [5, 5.41) is 11.9. The summed E-state index contributed by atoms with van der Waals surface area (Å²) in [5.41, 5.74) is 2.09. The summed E-state index contributed by atoms with van der Waals surface area (Å²) in [5.74, 6) is -0.156. The Labute approximate surface area is 90.0 Å². The van der Waals surface area contributed by atoms with Gasteiger partial charge in [-0.05, 0) is 0 Å². The fraction of sp³-hybridized carbons (Fsp3) is 0.250. The molecule has 1 amide bonds. The van der Waals surface area contributed by atoms with E-state index in [2.05, 4.69) is 20.6 Å². The number of nitrogens with one attached hydrogen (secondary N) is 1. The van der Waals surface area contributed by atoms with Crippen LogP contribution in [0.15, 0.2) is 23.3 Å². The number of hydrogen-bond acceptors (Lipinski definition) is 5. The lowest BCUT2D eigenvalue weighted by Gasteiger charge is -2.02. The quantitative estimate of drug-likeness (QED) is 0.801. The van der Waals surface area contributed by atoms with Gasteiger partial charge in [0.25, 0.3) is 5.91 Å². The van der Waals surface area contributed by atoms with Crippen LogP contribution in [-0.2, 0) is 6.54 Å². The van der Waals surface area contributed by atoms with Crippen LogP contribution in [0.5, 0.6) is 0 Å².